The predicted octanol–water partition coefficient (Wildman–Crippen LogP) is 3.98. The van der Waals surface area contributed by atoms with Crippen LogP contribution in [-0.4, -0.2) is 19.5 Å². The lowest BCUT2D eigenvalue weighted by Gasteiger charge is -2.18. The van der Waals surface area contributed by atoms with Crippen LogP contribution >= 0.6 is 11.3 Å². The van der Waals surface area contributed by atoms with Crippen LogP contribution in [-0.2, 0) is 17.8 Å². The number of nitrogens with one attached hydrogen (secondary N) is 1. The minimum atomic E-state index is -0.251. The van der Waals surface area contributed by atoms with E-state index >= 15 is 0 Å². The molecule has 1 aromatic carbocycles. The predicted molar refractivity (Wildman–Crippen MR) is 94.4 cm³/mol. The smallest absolute Gasteiger partial charge is 0.220 e. The largest absolute Gasteiger partial charge is 0.373 e. The van der Waals surface area contributed by atoms with E-state index in [9.17, 15) is 9.18 Å². The third-order valence-electron chi connectivity index (χ3n) is 3.79. The van der Waals surface area contributed by atoms with Crippen molar-refractivity contribution in [3.63, 3.8) is 0 Å². The van der Waals surface area contributed by atoms with Crippen molar-refractivity contribution in [1.82, 2.24) is 5.32 Å². The van der Waals surface area contributed by atoms with Gasteiger partial charge in [-0.1, -0.05) is 12.1 Å². The molecular formula is C18H23FN2OS. The molecule has 0 unspecified atom stereocenters. The Balaban J connectivity index is 1.76. The molecule has 0 aliphatic carbocycles. The highest BCUT2D eigenvalue weighted by molar-refractivity contribution is 7.09. The standard InChI is InChI=1S/C18H23FN2OS/c1-3-21(2)17-10-9-14(12-16(17)19)13-20-18(22)8-4-6-15-7-5-11-23-15/h5,7,9-12H,3-4,6,8,13H2,1-2H3,(H,20,22). The zero-order chi connectivity index (χ0) is 16.7. The first-order chi connectivity index (χ1) is 11.1. The van der Waals surface area contributed by atoms with E-state index < -0.39 is 0 Å². The molecule has 3 nitrogen and oxygen atoms in total. The van der Waals surface area contributed by atoms with Crippen molar-refractivity contribution in [1.29, 1.82) is 0 Å². The number of carbonyl (C=O) groups excluding carboxylic acids is 1. The molecule has 1 N–H and O–H groups in total. The van der Waals surface area contributed by atoms with E-state index in [1.807, 2.05) is 36.4 Å². The molecule has 2 aromatic rings. The van der Waals surface area contributed by atoms with Crippen molar-refractivity contribution in [2.45, 2.75) is 32.7 Å². The number of anilines is 1. The van der Waals surface area contributed by atoms with Gasteiger partial charge in [-0.25, -0.2) is 4.39 Å². The highest BCUT2D eigenvalue weighted by atomic mass is 32.1. The fraction of sp³-hybridized carbons (Fsp3) is 0.389. The number of amides is 1. The average molecular weight is 334 g/mol. The first kappa shape index (κ1) is 17.5. The number of nitrogens with zero attached hydrogens (tertiary/aromatic N) is 1. The summed E-state index contributed by atoms with van der Waals surface area (Å²) >= 11 is 1.71. The number of benzene rings is 1. The molecule has 0 bridgehead atoms. The van der Waals surface area contributed by atoms with Gasteiger partial charge in [-0.3, -0.25) is 4.79 Å². The fourth-order valence-electron chi connectivity index (χ4n) is 2.31. The molecule has 0 aliphatic rings. The second-order valence-electron chi connectivity index (χ2n) is 5.51. The minimum Gasteiger partial charge on any atom is -0.373 e. The molecule has 0 saturated carbocycles. The molecule has 0 radical (unpaired) electrons. The quantitative estimate of drug-likeness (QED) is 0.792. The van der Waals surface area contributed by atoms with Crippen molar-refractivity contribution in [2.75, 3.05) is 18.5 Å². The molecule has 124 valence electrons. The lowest BCUT2D eigenvalue weighted by atomic mass is 10.1. The van der Waals surface area contributed by atoms with E-state index in [-0.39, 0.29) is 11.7 Å². The summed E-state index contributed by atoms with van der Waals surface area (Å²) in [5.74, 6) is -0.240. The van der Waals surface area contributed by atoms with Crippen LogP contribution in [0.5, 0.6) is 0 Å². The number of hydrogen-bond donors (Lipinski definition) is 1. The normalized spacial score (nSPS) is 10.6. The summed E-state index contributed by atoms with van der Waals surface area (Å²) in [6, 6.07) is 9.22. The van der Waals surface area contributed by atoms with Gasteiger partial charge in [-0.15, -0.1) is 11.3 Å². The number of aryl methyl sites for hydroxylation is 1. The average Bonchev–Trinajstić information content (AvgIpc) is 3.05. The molecule has 1 amide bonds. The van der Waals surface area contributed by atoms with Crippen LogP contribution in [0.3, 0.4) is 0 Å². The summed E-state index contributed by atoms with van der Waals surface area (Å²) in [6.45, 7) is 3.09. The summed E-state index contributed by atoms with van der Waals surface area (Å²) in [5.41, 5.74) is 1.36. The summed E-state index contributed by atoms with van der Waals surface area (Å²) in [7, 11) is 1.85. The Kier molecular flexibility index (Phi) is 6.59. The van der Waals surface area contributed by atoms with Crippen molar-refractivity contribution >= 4 is 22.9 Å². The van der Waals surface area contributed by atoms with E-state index in [4.69, 9.17) is 0 Å². The van der Waals surface area contributed by atoms with Crippen LogP contribution in [0, 0.1) is 5.82 Å². The van der Waals surface area contributed by atoms with Gasteiger partial charge in [0.05, 0.1) is 5.69 Å². The molecule has 23 heavy (non-hydrogen) atoms. The minimum absolute atomic E-state index is 0.0108. The SMILES string of the molecule is CCN(C)c1ccc(CNC(=O)CCCc2cccs2)cc1F. The molecule has 5 heteroatoms. The van der Waals surface area contributed by atoms with Gasteiger partial charge < -0.3 is 10.2 Å². The third kappa shape index (κ3) is 5.36. The maximum atomic E-state index is 14.0. The van der Waals surface area contributed by atoms with Gasteiger partial charge >= 0.3 is 0 Å². The molecule has 0 aliphatic heterocycles. The van der Waals surface area contributed by atoms with Crippen LogP contribution < -0.4 is 10.2 Å². The van der Waals surface area contributed by atoms with Crippen LogP contribution in [0.2, 0.25) is 0 Å². The van der Waals surface area contributed by atoms with Crippen LogP contribution in [0.1, 0.15) is 30.2 Å². The number of hydrogen-bond acceptors (Lipinski definition) is 3. The highest BCUT2D eigenvalue weighted by Crippen LogP contribution is 2.19. The van der Waals surface area contributed by atoms with Crippen molar-refractivity contribution in [3.05, 3.63) is 52.0 Å². The van der Waals surface area contributed by atoms with Crippen molar-refractivity contribution in [3.8, 4) is 0 Å². The van der Waals surface area contributed by atoms with Crippen LogP contribution in [0.4, 0.5) is 10.1 Å². The first-order valence-corrected chi connectivity index (χ1v) is 8.76. The molecular weight excluding hydrogens is 311 g/mol. The van der Waals surface area contributed by atoms with Crippen molar-refractivity contribution < 1.29 is 9.18 Å². The summed E-state index contributed by atoms with van der Waals surface area (Å²) in [5, 5.41) is 4.90. The maximum absolute atomic E-state index is 14.0. The van der Waals surface area contributed by atoms with Crippen LogP contribution in [0.15, 0.2) is 35.7 Å². The van der Waals surface area contributed by atoms with E-state index in [2.05, 4.69) is 11.4 Å². The second kappa shape index (κ2) is 8.67. The molecule has 2 rings (SSSR count). The van der Waals surface area contributed by atoms with E-state index in [1.165, 1.54) is 10.9 Å². The van der Waals surface area contributed by atoms with Gasteiger partial charge in [0.2, 0.25) is 5.91 Å². The summed E-state index contributed by atoms with van der Waals surface area (Å²) in [6.07, 6.45) is 2.26. The molecule has 0 spiro atoms. The zero-order valence-corrected chi connectivity index (χ0v) is 14.5. The van der Waals surface area contributed by atoms with Gasteiger partial charge in [-0.2, -0.15) is 0 Å². The lowest BCUT2D eigenvalue weighted by molar-refractivity contribution is -0.121. The second-order valence-corrected chi connectivity index (χ2v) is 6.54. The van der Waals surface area contributed by atoms with Gasteiger partial charge in [0, 0.05) is 31.4 Å². The summed E-state index contributed by atoms with van der Waals surface area (Å²) < 4.78 is 14.0. The van der Waals surface area contributed by atoms with Gasteiger partial charge in [0.25, 0.3) is 0 Å². The third-order valence-corrected chi connectivity index (χ3v) is 4.73. The van der Waals surface area contributed by atoms with Crippen molar-refractivity contribution in [2.24, 2.45) is 0 Å². The molecule has 0 atom stereocenters. The fourth-order valence-corrected chi connectivity index (χ4v) is 3.06. The maximum Gasteiger partial charge on any atom is 0.220 e. The number of thiophene rings is 1. The number of rotatable bonds is 8. The molecule has 0 fully saturated rings. The Hall–Kier alpha value is -1.88. The topological polar surface area (TPSA) is 32.3 Å². The Morgan fingerprint density at radius 3 is 2.83 bits per heavy atom. The van der Waals surface area contributed by atoms with Crippen LogP contribution in [0.25, 0.3) is 0 Å². The molecule has 1 aromatic heterocycles. The van der Waals surface area contributed by atoms with E-state index in [0.717, 1.165) is 24.9 Å². The van der Waals surface area contributed by atoms with E-state index in [0.29, 0.717) is 18.7 Å². The Labute approximate surface area is 141 Å². The van der Waals surface area contributed by atoms with Gasteiger partial charge in [-0.05, 0) is 48.9 Å². The molecule has 0 saturated heterocycles. The summed E-state index contributed by atoms with van der Waals surface area (Å²) in [4.78, 5) is 15.0. The monoisotopic (exact) mass is 334 g/mol. The first-order valence-electron chi connectivity index (χ1n) is 7.88. The Morgan fingerprint density at radius 2 is 2.17 bits per heavy atom. The Morgan fingerprint density at radius 1 is 1.35 bits per heavy atom. The molecule has 1 heterocycles. The van der Waals surface area contributed by atoms with Gasteiger partial charge in [0.1, 0.15) is 5.82 Å². The van der Waals surface area contributed by atoms with Gasteiger partial charge in [0.15, 0.2) is 0 Å². The lowest BCUT2D eigenvalue weighted by Crippen LogP contribution is -2.23. The number of halogens is 1. The van der Waals surface area contributed by atoms with E-state index in [1.54, 1.807) is 17.4 Å². The Bertz CT molecular complexity index is 628. The zero-order valence-electron chi connectivity index (χ0n) is 13.6. The number of carbonyl (C=O) groups is 1. The highest BCUT2D eigenvalue weighted by Gasteiger charge is 2.08.